The highest BCUT2D eigenvalue weighted by Crippen LogP contribution is 2.39. The molecule has 0 saturated heterocycles. The smallest absolute Gasteiger partial charge is 0.191 e. The van der Waals surface area contributed by atoms with Gasteiger partial charge in [0.1, 0.15) is 11.6 Å². The van der Waals surface area contributed by atoms with E-state index < -0.39 is 0 Å². The third kappa shape index (κ3) is 3.15. The Bertz CT molecular complexity index is 575. The maximum Gasteiger partial charge on any atom is 0.191 e. The van der Waals surface area contributed by atoms with Gasteiger partial charge in [0.15, 0.2) is 5.16 Å². The van der Waals surface area contributed by atoms with Crippen LogP contribution in [0, 0.1) is 6.92 Å². The first-order chi connectivity index (χ1) is 9.74. The van der Waals surface area contributed by atoms with Gasteiger partial charge in [-0.3, -0.25) is 0 Å². The standard InChI is InChI=1S/C15H19N3OS/c1-11-3-7-13(8-4-11)19-9-10-20-15-17-16-14(18(15)2)12-5-6-12/h3-4,7-8,12H,5-6,9-10H2,1-2H3. The molecule has 1 aliphatic carbocycles. The maximum absolute atomic E-state index is 5.71. The van der Waals surface area contributed by atoms with Crippen LogP contribution in [0.5, 0.6) is 5.75 Å². The Hall–Kier alpha value is -1.49. The minimum absolute atomic E-state index is 0.644. The zero-order valence-electron chi connectivity index (χ0n) is 11.9. The topological polar surface area (TPSA) is 39.9 Å². The molecule has 20 heavy (non-hydrogen) atoms. The lowest BCUT2D eigenvalue weighted by Gasteiger charge is -2.06. The molecule has 0 N–H and O–H groups in total. The molecule has 0 bridgehead atoms. The van der Waals surface area contributed by atoms with Crippen molar-refractivity contribution in [2.75, 3.05) is 12.4 Å². The van der Waals surface area contributed by atoms with Crippen LogP contribution in [0.1, 0.15) is 30.1 Å². The highest BCUT2D eigenvalue weighted by molar-refractivity contribution is 7.99. The molecule has 1 fully saturated rings. The van der Waals surface area contributed by atoms with Crippen molar-refractivity contribution in [1.82, 2.24) is 14.8 Å². The van der Waals surface area contributed by atoms with Crippen LogP contribution in [-0.4, -0.2) is 27.1 Å². The summed E-state index contributed by atoms with van der Waals surface area (Å²) in [6, 6.07) is 8.14. The van der Waals surface area contributed by atoms with Gasteiger partial charge in [-0.2, -0.15) is 0 Å². The van der Waals surface area contributed by atoms with E-state index in [1.54, 1.807) is 11.8 Å². The van der Waals surface area contributed by atoms with Gasteiger partial charge >= 0.3 is 0 Å². The molecule has 3 rings (SSSR count). The van der Waals surface area contributed by atoms with Gasteiger partial charge in [-0.05, 0) is 31.9 Å². The molecule has 0 spiro atoms. The first-order valence-corrected chi connectivity index (χ1v) is 7.94. The van der Waals surface area contributed by atoms with Crippen LogP contribution < -0.4 is 4.74 Å². The molecule has 2 aromatic rings. The van der Waals surface area contributed by atoms with E-state index in [9.17, 15) is 0 Å². The van der Waals surface area contributed by atoms with Gasteiger partial charge in [-0.15, -0.1) is 10.2 Å². The summed E-state index contributed by atoms with van der Waals surface area (Å²) in [5, 5.41) is 9.51. The molecular weight excluding hydrogens is 270 g/mol. The second kappa shape index (κ2) is 5.87. The van der Waals surface area contributed by atoms with Crippen molar-refractivity contribution in [3.8, 4) is 5.75 Å². The number of aromatic nitrogens is 3. The monoisotopic (exact) mass is 289 g/mol. The molecular formula is C15H19N3OS. The van der Waals surface area contributed by atoms with Crippen LogP contribution in [0.25, 0.3) is 0 Å². The fourth-order valence-electron chi connectivity index (χ4n) is 2.08. The summed E-state index contributed by atoms with van der Waals surface area (Å²) in [6.45, 7) is 2.75. The Morgan fingerprint density at radius 3 is 2.70 bits per heavy atom. The predicted octanol–water partition coefficient (Wildman–Crippen LogP) is 3.17. The second-order valence-electron chi connectivity index (χ2n) is 5.18. The molecule has 0 aliphatic heterocycles. The zero-order chi connectivity index (χ0) is 13.9. The predicted molar refractivity (Wildman–Crippen MR) is 80.4 cm³/mol. The highest BCUT2D eigenvalue weighted by Gasteiger charge is 2.29. The minimum atomic E-state index is 0.644. The number of nitrogens with zero attached hydrogens (tertiary/aromatic N) is 3. The molecule has 0 unspecified atom stereocenters. The third-order valence-electron chi connectivity index (χ3n) is 3.42. The molecule has 1 aromatic carbocycles. The van der Waals surface area contributed by atoms with Gasteiger partial charge < -0.3 is 9.30 Å². The molecule has 0 radical (unpaired) electrons. The summed E-state index contributed by atoms with van der Waals surface area (Å²) < 4.78 is 7.83. The largest absolute Gasteiger partial charge is 0.493 e. The number of hydrogen-bond acceptors (Lipinski definition) is 4. The van der Waals surface area contributed by atoms with Crippen molar-refractivity contribution in [1.29, 1.82) is 0 Å². The number of aryl methyl sites for hydroxylation is 1. The molecule has 5 heteroatoms. The second-order valence-corrected chi connectivity index (χ2v) is 6.25. The third-order valence-corrected chi connectivity index (χ3v) is 4.40. The molecule has 0 atom stereocenters. The first-order valence-electron chi connectivity index (χ1n) is 6.95. The normalized spacial score (nSPS) is 14.5. The van der Waals surface area contributed by atoms with Gasteiger partial charge in [0.25, 0.3) is 0 Å². The van der Waals surface area contributed by atoms with E-state index >= 15 is 0 Å². The fraction of sp³-hybridized carbons (Fsp3) is 0.467. The average molecular weight is 289 g/mol. The van der Waals surface area contributed by atoms with E-state index in [4.69, 9.17) is 4.74 Å². The number of thioether (sulfide) groups is 1. The first kappa shape index (κ1) is 13.5. The van der Waals surface area contributed by atoms with Gasteiger partial charge in [0, 0.05) is 18.7 Å². The minimum Gasteiger partial charge on any atom is -0.493 e. The van der Waals surface area contributed by atoms with Gasteiger partial charge in [0.2, 0.25) is 0 Å². The summed E-state index contributed by atoms with van der Waals surface area (Å²) in [7, 11) is 2.05. The van der Waals surface area contributed by atoms with Crippen molar-refractivity contribution < 1.29 is 4.74 Å². The Morgan fingerprint density at radius 2 is 2.00 bits per heavy atom. The van der Waals surface area contributed by atoms with Gasteiger partial charge in [-0.1, -0.05) is 29.5 Å². The summed E-state index contributed by atoms with van der Waals surface area (Å²) in [6.07, 6.45) is 2.51. The molecule has 0 amide bonds. The van der Waals surface area contributed by atoms with E-state index in [1.807, 2.05) is 12.1 Å². The van der Waals surface area contributed by atoms with Gasteiger partial charge in [-0.25, -0.2) is 0 Å². The SMILES string of the molecule is Cc1ccc(OCCSc2nnc(C3CC3)n2C)cc1. The Kier molecular flexibility index (Phi) is 3.96. The average Bonchev–Trinajstić information content (AvgIpc) is 3.22. The Balaban J connectivity index is 1.46. The van der Waals surface area contributed by atoms with Crippen molar-refractivity contribution in [3.05, 3.63) is 35.7 Å². The van der Waals surface area contributed by atoms with Crippen molar-refractivity contribution in [3.63, 3.8) is 0 Å². The lowest BCUT2D eigenvalue weighted by atomic mass is 10.2. The number of rotatable bonds is 6. The maximum atomic E-state index is 5.71. The highest BCUT2D eigenvalue weighted by atomic mass is 32.2. The molecule has 1 heterocycles. The van der Waals surface area contributed by atoms with Crippen LogP contribution in [0.4, 0.5) is 0 Å². The van der Waals surface area contributed by atoms with Crippen LogP contribution in [0.15, 0.2) is 29.4 Å². The van der Waals surface area contributed by atoms with Gasteiger partial charge in [0.05, 0.1) is 6.61 Å². The lowest BCUT2D eigenvalue weighted by Crippen LogP contribution is -2.02. The summed E-state index contributed by atoms with van der Waals surface area (Å²) in [5.41, 5.74) is 1.25. The summed E-state index contributed by atoms with van der Waals surface area (Å²) in [4.78, 5) is 0. The molecule has 1 aliphatic rings. The number of hydrogen-bond donors (Lipinski definition) is 0. The van der Waals surface area contributed by atoms with Crippen molar-refractivity contribution in [2.24, 2.45) is 7.05 Å². The Labute approximate surface area is 123 Å². The van der Waals surface area contributed by atoms with Crippen LogP contribution in [0.2, 0.25) is 0 Å². The van der Waals surface area contributed by atoms with E-state index in [2.05, 4.69) is 40.9 Å². The van der Waals surface area contributed by atoms with Crippen molar-refractivity contribution >= 4 is 11.8 Å². The van der Waals surface area contributed by atoms with E-state index in [0.717, 1.165) is 22.5 Å². The van der Waals surface area contributed by atoms with Crippen LogP contribution >= 0.6 is 11.8 Å². The quantitative estimate of drug-likeness (QED) is 0.605. The molecule has 4 nitrogen and oxygen atoms in total. The van der Waals surface area contributed by atoms with E-state index in [-0.39, 0.29) is 0 Å². The zero-order valence-corrected chi connectivity index (χ0v) is 12.7. The molecule has 1 saturated carbocycles. The molecule has 106 valence electrons. The molecule has 1 aromatic heterocycles. The number of ether oxygens (including phenoxy) is 1. The Morgan fingerprint density at radius 1 is 1.25 bits per heavy atom. The van der Waals surface area contributed by atoms with Crippen LogP contribution in [-0.2, 0) is 7.05 Å². The lowest BCUT2D eigenvalue weighted by molar-refractivity contribution is 0.343. The van der Waals surface area contributed by atoms with E-state index in [0.29, 0.717) is 12.5 Å². The number of benzene rings is 1. The summed E-state index contributed by atoms with van der Waals surface area (Å²) in [5.74, 6) is 3.58. The van der Waals surface area contributed by atoms with Crippen molar-refractivity contribution in [2.45, 2.75) is 30.8 Å². The van der Waals surface area contributed by atoms with E-state index in [1.165, 1.54) is 18.4 Å². The van der Waals surface area contributed by atoms with Crippen LogP contribution in [0.3, 0.4) is 0 Å². The summed E-state index contributed by atoms with van der Waals surface area (Å²) >= 11 is 1.70. The fourth-order valence-corrected chi connectivity index (χ4v) is 2.81.